The Balaban J connectivity index is 2.01. The van der Waals surface area contributed by atoms with Crippen LogP contribution in [0.1, 0.15) is 5.56 Å². The van der Waals surface area contributed by atoms with Crippen molar-refractivity contribution in [1.29, 1.82) is 0 Å². The second-order valence-corrected chi connectivity index (χ2v) is 4.27. The molecular formula is C12H9ClN4O. The Morgan fingerprint density at radius 1 is 1.33 bits per heavy atom. The van der Waals surface area contributed by atoms with E-state index in [1.807, 2.05) is 12.1 Å². The molecule has 5 nitrogen and oxygen atoms in total. The molecule has 1 N–H and O–H groups in total. The first-order chi connectivity index (χ1) is 8.75. The monoisotopic (exact) mass is 260 g/mol. The first-order valence-electron chi connectivity index (χ1n) is 5.37. The predicted octanol–water partition coefficient (Wildman–Crippen LogP) is 2.68. The van der Waals surface area contributed by atoms with Crippen molar-refractivity contribution < 1.29 is 4.79 Å². The van der Waals surface area contributed by atoms with Gasteiger partial charge in [0.05, 0.1) is 17.3 Å². The van der Waals surface area contributed by atoms with Gasteiger partial charge in [-0.05, 0) is 12.1 Å². The van der Waals surface area contributed by atoms with Crippen molar-refractivity contribution >= 4 is 29.1 Å². The number of rotatable bonds is 1. The van der Waals surface area contributed by atoms with Crippen molar-refractivity contribution in [2.75, 3.05) is 10.2 Å². The summed E-state index contributed by atoms with van der Waals surface area (Å²) in [6.07, 6.45) is 3.09. The van der Waals surface area contributed by atoms with Gasteiger partial charge in [0, 0.05) is 11.8 Å². The van der Waals surface area contributed by atoms with Crippen molar-refractivity contribution in [3.63, 3.8) is 0 Å². The summed E-state index contributed by atoms with van der Waals surface area (Å²) in [5.74, 6) is 0.554. The normalized spacial score (nSPS) is 14.1. The quantitative estimate of drug-likeness (QED) is 0.858. The van der Waals surface area contributed by atoms with E-state index in [4.69, 9.17) is 11.6 Å². The Kier molecular flexibility index (Phi) is 2.60. The van der Waals surface area contributed by atoms with Crippen LogP contribution in [0.15, 0.2) is 36.8 Å². The lowest BCUT2D eigenvalue weighted by molar-refractivity contribution is 0.256. The number of nitrogens with one attached hydrogen (secondary N) is 1. The van der Waals surface area contributed by atoms with Gasteiger partial charge in [-0.15, -0.1) is 0 Å². The van der Waals surface area contributed by atoms with Crippen molar-refractivity contribution in [3.05, 3.63) is 47.4 Å². The zero-order chi connectivity index (χ0) is 12.5. The molecule has 1 aliphatic rings. The van der Waals surface area contributed by atoms with Crippen LogP contribution in [-0.4, -0.2) is 16.0 Å². The Bertz CT molecular complexity index is 617. The number of halogens is 1. The molecule has 1 aromatic carbocycles. The van der Waals surface area contributed by atoms with E-state index in [1.54, 1.807) is 23.2 Å². The second-order valence-electron chi connectivity index (χ2n) is 3.86. The van der Waals surface area contributed by atoms with E-state index in [-0.39, 0.29) is 6.03 Å². The summed E-state index contributed by atoms with van der Waals surface area (Å²) in [6, 6.07) is 6.98. The Morgan fingerprint density at radius 2 is 2.17 bits per heavy atom. The molecule has 2 amide bonds. The number of carbonyl (C=O) groups excluding carboxylic acids is 1. The number of aromatic nitrogens is 2. The van der Waals surface area contributed by atoms with Gasteiger partial charge in [0.15, 0.2) is 0 Å². The molecule has 2 heterocycles. The van der Waals surface area contributed by atoms with Crippen LogP contribution in [-0.2, 0) is 6.54 Å². The minimum atomic E-state index is -0.241. The number of hydrogen-bond donors (Lipinski definition) is 1. The molecule has 0 fully saturated rings. The summed E-state index contributed by atoms with van der Waals surface area (Å²) >= 11 is 6.10. The summed E-state index contributed by atoms with van der Waals surface area (Å²) in [4.78, 5) is 21.5. The van der Waals surface area contributed by atoms with Gasteiger partial charge in [-0.2, -0.15) is 0 Å². The standard InChI is InChI=1S/C12H9ClN4O/c13-9-3-1-2-4-10(9)17-6-8-5-14-7-15-11(8)16-12(17)18/h1-5,7H,6H2,(H,14,15,16,18). The average molecular weight is 261 g/mol. The maximum atomic E-state index is 12.0. The molecule has 0 saturated carbocycles. The Hall–Kier alpha value is -2.14. The van der Waals surface area contributed by atoms with Crippen molar-refractivity contribution in [1.82, 2.24) is 9.97 Å². The number of hydrogen-bond acceptors (Lipinski definition) is 3. The summed E-state index contributed by atoms with van der Waals surface area (Å²) in [5, 5.41) is 3.25. The minimum Gasteiger partial charge on any atom is -0.291 e. The largest absolute Gasteiger partial charge is 0.327 e. The predicted molar refractivity (Wildman–Crippen MR) is 68.7 cm³/mol. The zero-order valence-corrected chi connectivity index (χ0v) is 10.1. The van der Waals surface area contributed by atoms with E-state index < -0.39 is 0 Å². The van der Waals surface area contributed by atoms with E-state index in [0.717, 1.165) is 5.56 Å². The van der Waals surface area contributed by atoms with Crippen LogP contribution in [0.2, 0.25) is 5.02 Å². The average Bonchev–Trinajstić information content (AvgIpc) is 2.39. The highest BCUT2D eigenvalue weighted by molar-refractivity contribution is 6.34. The molecule has 90 valence electrons. The van der Waals surface area contributed by atoms with Crippen LogP contribution in [0.3, 0.4) is 0 Å². The van der Waals surface area contributed by atoms with Crippen LogP contribution in [0, 0.1) is 0 Å². The molecule has 18 heavy (non-hydrogen) atoms. The van der Waals surface area contributed by atoms with Crippen LogP contribution in [0.5, 0.6) is 0 Å². The van der Waals surface area contributed by atoms with Crippen LogP contribution in [0.4, 0.5) is 16.3 Å². The second kappa shape index (κ2) is 4.27. The van der Waals surface area contributed by atoms with E-state index in [2.05, 4.69) is 15.3 Å². The zero-order valence-electron chi connectivity index (χ0n) is 9.30. The first kappa shape index (κ1) is 11.0. The van der Waals surface area contributed by atoms with E-state index >= 15 is 0 Å². The molecule has 3 rings (SSSR count). The summed E-state index contributed by atoms with van der Waals surface area (Å²) in [7, 11) is 0. The molecule has 0 bridgehead atoms. The van der Waals surface area contributed by atoms with E-state index in [1.165, 1.54) is 6.33 Å². The SMILES string of the molecule is O=C1Nc2ncncc2CN1c1ccccc1Cl. The minimum absolute atomic E-state index is 0.241. The van der Waals surface area contributed by atoms with Crippen LogP contribution >= 0.6 is 11.6 Å². The molecular weight excluding hydrogens is 252 g/mol. The fourth-order valence-corrected chi connectivity index (χ4v) is 2.10. The Morgan fingerprint density at radius 3 is 3.00 bits per heavy atom. The number of para-hydroxylation sites is 1. The lowest BCUT2D eigenvalue weighted by Crippen LogP contribution is -2.39. The van der Waals surface area contributed by atoms with Gasteiger partial charge >= 0.3 is 6.03 Å². The number of urea groups is 1. The summed E-state index contributed by atoms with van der Waals surface area (Å²) < 4.78 is 0. The fourth-order valence-electron chi connectivity index (χ4n) is 1.86. The molecule has 0 spiro atoms. The van der Waals surface area contributed by atoms with E-state index in [9.17, 15) is 4.79 Å². The molecule has 2 aromatic rings. The number of carbonyl (C=O) groups is 1. The molecule has 6 heteroatoms. The highest BCUT2D eigenvalue weighted by Gasteiger charge is 2.25. The molecule has 1 aliphatic heterocycles. The van der Waals surface area contributed by atoms with Gasteiger partial charge in [0.25, 0.3) is 0 Å². The van der Waals surface area contributed by atoms with Crippen LogP contribution < -0.4 is 10.2 Å². The van der Waals surface area contributed by atoms with Gasteiger partial charge in [0.1, 0.15) is 12.1 Å². The maximum Gasteiger partial charge on any atom is 0.327 e. The van der Waals surface area contributed by atoms with Gasteiger partial charge in [-0.25, -0.2) is 14.8 Å². The van der Waals surface area contributed by atoms with Crippen molar-refractivity contribution in [2.24, 2.45) is 0 Å². The van der Waals surface area contributed by atoms with Crippen molar-refractivity contribution in [2.45, 2.75) is 6.54 Å². The molecule has 0 aliphatic carbocycles. The highest BCUT2D eigenvalue weighted by Crippen LogP contribution is 2.30. The van der Waals surface area contributed by atoms with E-state index in [0.29, 0.717) is 23.1 Å². The lowest BCUT2D eigenvalue weighted by Gasteiger charge is -2.28. The number of nitrogens with zero attached hydrogens (tertiary/aromatic N) is 3. The summed E-state index contributed by atoms with van der Waals surface area (Å²) in [6.45, 7) is 0.408. The van der Waals surface area contributed by atoms with Gasteiger partial charge < -0.3 is 0 Å². The molecule has 1 aromatic heterocycles. The lowest BCUT2D eigenvalue weighted by atomic mass is 10.2. The Labute approximate surface area is 108 Å². The third-order valence-electron chi connectivity index (χ3n) is 2.73. The number of benzene rings is 1. The molecule has 0 atom stereocenters. The smallest absolute Gasteiger partial charge is 0.291 e. The first-order valence-corrected chi connectivity index (χ1v) is 5.75. The molecule has 0 radical (unpaired) electrons. The van der Waals surface area contributed by atoms with Gasteiger partial charge in [-0.1, -0.05) is 23.7 Å². The van der Waals surface area contributed by atoms with Gasteiger partial charge in [0.2, 0.25) is 0 Å². The summed E-state index contributed by atoms with van der Waals surface area (Å²) in [5.41, 5.74) is 1.53. The van der Waals surface area contributed by atoms with Crippen molar-refractivity contribution in [3.8, 4) is 0 Å². The third-order valence-corrected chi connectivity index (χ3v) is 3.05. The highest BCUT2D eigenvalue weighted by atomic mass is 35.5. The number of fused-ring (bicyclic) bond motifs is 1. The molecule has 0 unspecified atom stereocenters. The maximum absolute atomic E-state index is 12.0. The molecule has 0 saturated heterocycles. The third kappa shape index (κ3) is 1.78. The van der Waals surface area contributed by atoms with Crippen LogP contribution in [0.25, 0.3) is 0 Å². The number of anilines is 2. The fraction of sp³-hybridized carbons (Fsp3) is 0.0833. The number of amides is 2. The topological polar surface area (TPSA) is 58.1 Å². The van der Waals surface area contributed by atoms with Gasteiger partial charge in [-0.3, -0.25) is 10.2 Å².